The van der Waals surface area contributed by atoms with E-state index in [-0.39, 0.29) is 23.8 Å². The quantitative estimate of drug-likeness (QED) is 0.887. The molecule has 2 aliphatic heterocycles. The molecule has 3 amide bonds. The van der Waals surface area contributed by atoms with Gasteiger partial charge in [-0.25, -0.2) is 9.18 Å². The summed E-state index contributed by atoms with van der Waals surface area (Å²) in [5.41, 5.74) is 0.953. The number of ether oxygens (including phenoxy) is 1. The summed E-state index contributed by atoms with van der Waals surface area (Å²) in [4.78, 5) is 28.3. The van der Waals surface area contributed by atoms with Crippen LogP contribution in [0.3, 0.4) is 0 Å². The highest BCUT2D eigenvalue weighted by molar-refractivity contribution is 5.78. The van der Waals surface area contributed by atoms with E-state index in [1.54, 1.807) is 17.0 Å². The fraction of sp³-hybridized carbons (Fsp3) is 0.579. The summed E-state index contributed by atoms with van der Waals surface area (Å²) in [6, 6.07) is 6.38. The normalized spacial score (nSPS) is 18.7. The Morgan fingerprint density at radius 3 is 2.31 bits per heavy atom. The van der Waals surface area contributed by atoms with Gasteiger partial charge in [0.15, 0.2) is 0 Å². The Morgan fingerprint density at radius 2 is 1.65 bits per heavy atom. The van der Waals surface area contributed by atoms with Crippen molar-refractivity contribution in [3.8, 4) is 0 Å². The van der Waals surface area contributed by atoms with Gasteiger partial charge in [0.25, 0.3) is 0 Å². The van der Waals surface area contributed by atoms with Crippen LogP contribution in [-0.4, -0.2) is 67.2 Å². The van der Waals surface area contributed by atoms with E-state index in [4.69, 9.17) is 4.74 Å². The highest BCUT2D eigenvalue weighted by atomic mass is 19.1. The molecule has 0 aromatic heterocycles. The summed E-state index contributed by atoms with van der Waals surface area (Å²) < 4.78 is 18.2. The van der Waals surface area contributed by atoms with Gasteiger partial charge < -0.3 is 19.9 Å². The second-order valence-electron chi connectivity index (χ2n) is 6.83. The van der Waals surface area contributed by atoms with Crippen LogP contribution in [0.15, 0.2) is 24.3 Å². The summed E-state index contributed by atoms with van der Waals surface area (Å²) in [6.45, 7) is 3.62. The first kappa shape index (κ1) is 18.6. The number of carbonyl (C=O) groups is 2. The monoisotopic (exact) mass is 363 g/mol. The molecule has 0 unspecified atom stereocenters. The predicted octanol–water partition coefficient (Wildman–Crippen LogP) is 1.79. The molecule has 2 saturated heterocycles. The van der Waals surface area contributed by atoms with E-state index in [0.717, 1.165) is 18.4 Å². The van der Waals surface area contributed by atoms with E-state index in [0.29, 0.717) is 52.2 Å². The summed E-state index contributed by atoms with van der Waals surface area (Å²) >= 11 is 0. The lowest BCUT2D eigenvalue weighted by molar-refractivity contribution is -0.132. The molecule has 142 valence electrons. The molecule has 1 aromatic carbocycles. The molecule has 26 heavy (non-hydrogen) atoms. The van der Waals surface area contributed by atoms with Crippen LogP contribution in [0.5, 0.6) is 0 Å². The van der Waals surface area contributed by atoms with Crippen LogP contribution in [-0.2, 0) is 16.0 Å². The fourth-order valence-corrected chi connectivity index (χ4v) is 3.33. The lowest BCUT2D eigenvalue weighted by Crippen LogP contribution is -2.55. The van der Waals surface area contributed by atoms with Gasteiger partial charge >= 0.3 is 6.03 Å². The molecular formula is C19H26FN3O3. The minimum Gasteiger partial charge on any atom is -0.381 e. The molecule has 0 bridgehead atoms. The average Bonchev–Trinajstić information content (AvgIpc) is 2.68. The lowest BCUT2D eigenvalue weighted by atomic mass is 10.1. The molecule has 1 aromatic rings. The molecule has 0 radical (unpaired) electrons. The number of carbonyl (C=O) groups excluding carboxylic acids is 2. The second kappa shape index (κ2) is 8.98. The van der Waals surface area contributed by atoms with Gasteiger partial charge in [-0.3, -0.25) is 4.79 Å². The zero-order valence-electron chi connectivity index (χ0n) is 15.0. The number of piperazine rings is 1. The van der Waals surface area contributed by atoms with Crippen molar-refractivity contribution in [2.24, 2.45) is 0 Å². The molecule has 0 atom stereocenters. The SMILES string of the molecule is O=C(CCc1ccc(F)cc1)N1CCN(C(=O)NC2CCOCC2)CC1. The van der Waals surface area contributed by atoms with Crippen molar-refractivity contribution in [1.29, 1.82) is 0 Å². The van der Waals surface area contributed by atoms with Gasteiger partial charge in [-0.1, -0.05) is 12.1 Å². The first-order valence-electron chi connectivity index (χ1n) is 9.27. The molecule has 0 spiro atoms. The standard InChI is InChI=1S/C19H26FN3O3/c20-16-4-1-15(2-5-16)3-6-18(24)22-9-11-23(12-10-22)19(25)21-17-7-13-26-14-8-17/h1-2,4-5,17H,3,6-14H2,(H,21,25). The number of hydrogen-bond acceptors (Lipinski definition) is 3. The topological polar surface area (TPSA) is 61.9 Å². The van der Waals surface area contributed by atoms with Crippen LogP contribution in [0, 0.1) is 5.82 Å². The van der Waals surface area contributed by atoms with Crippen molar-refractivity contribution in [1.82, 2.24) is 15.1 Å². The van der Waals surface area contributed by atoms with Gasteiger partial charge in [0.1, 0.15) is 5.82 Å². The van der Waals surface area contributed by atoms with Crippen LogP contribution in [0.25, 0.3) is 0 Å². The largest absolute Gasteiger partial charge is 0.381 e. The molecule has 3 rings (SSSR count). The Bertz CT molecular complexity index is 609. The molecule has 0 saturated carbocycles. The van der Waals surface area contributed by atoms with Crippen LogP contribution < -0.4 is 5.32 Å². The van der Waals surface area contributed by atoms with Crippen LogP contribution in [0.4, 0.5) is 9.18 Å². The maximum Gasteiger partial charge on any atom is 0.317 e. The van der Waals surface area contributed by atoms with Crippen molar-refractivity contribution < 1.29 is 18.7 Å². The number of nitrogens with one attached hydrogen (secondary N) is 1. The number of halogens is 1. The highest BCUT2D eigenvalue weighted by Gasteiger charge is 2.25. The summed E-state index contributed by atoms with van der Waals surface area (Å²) in [5.74, 6) is -0.186. The van der Waals surface area contributed by atoms with Gasteiger partial charge in [0.2, 0.25) is 5.91 Å². The Labute approximate surface area is 153 Å². The average molecular weight is 363 g/mol. The van der Waals surface area contributed by atoms with E-state index in [1.165, 1.54) is 12.1 Å². The molecule has 2 fully saturated rings. The second-order valence-corrected chi connectivity index (χ2v) is 6.83. The summed E-state index contributed by atoms with van der Waals surface area (Å²) in [5, 5.41) is 3.06. The highest BCUT2D eigenvalue weighted by Crippen LogP contribution is 2.11. The third-order valence-electron chi connectivity index (χ3n) is 5.01. The van der Waals surface area contributed by atoms with E-state index in [2.05, 4.69) is 5.32 Å². The third-order valence-corrected chi connectivity index (χ3v) is 5.01. The maximum atomic E-state index is 12.9. The number of hydrogen-bond donors (Lipinski definition) is 1. The van der Waals surface area contributed by atoms with E-state index < -0.39 is 0 Å². The lowest BCUT2D eigenvalue weighted by Gasteiger charge is -2.36. The minimum atomic E-state index is -0.268. The predicted molar refractivity (Wildman–Crippen MR) is 95.2 cm³/mol. The molecule has 6 nitrogen and oxygen atoms in total. The van der Waals surface area contributed by atoms with E-state index >= 15 is 0 Å². The van der Waals surface area contributed by atoms with Crippen LogP contribution >= 0.6 is 0 Å². The number of rotatable bonds is 4. The van der Waals surface area contributed by atoms with Crippen LogP contribution in [0.2, 0.25) is 0 Å². The van der Waals surface area contributed by atoms with Gasteiger partial charge in [-0.15, -0.1) is 0 Å². The molecule has 0 aliphatic carbocycles. The van der Waals surface area contributed by atoms with Crippen molar-refractivity contribution in [3.63, 3.8) is 0 Å². The zero-order valence-corrected chi connectivity index (χ0v) is 15.0. The number of nitrogens with zero attached hydrogens (tertiary/aromatic N) is 2. The Kier molecular flexibility index (Phi) is 6.44. The first-order valence-corrected chi connectivity index (χ1v) is 9.27. The first-order chi connectivity index (χ1) is 12.6. The van der Waals surface area contributed by atoms with Gasteiger partial charge in [-0.2, -0.15) is 0 Å². The number of aryl methyl sites for hydroxylation is 1. The third kappa shape index (κ3) is 5.17. The minimum absolute atomic E-state index is 0.0460. The smallest absolute Gasteiger partial charge is 0.317 e. The number of urea groups is 1. The van der Waals surface area contributed by atoms with E-state index in [1.807, 2.05) is 4.90 Å². The van der Waals surface area contributed by atoms with Crippen molar-refractivity contribution in [3.05, 3.63) is 35.6 Å². The molecule has 1 N–H and O–H groups in total. The van der Waals surface area contributed by atoms with Gasteiger partial charge in [0.05, 0.1) is 0 Å². The number of amides is 3. The molecule has 7 heteroatoms. The van der Waals surface area contributed by atoms with Crippen molar-refractivity contribution in [2.75, 3.05) is 39.4 Å². The van der Waals surface area contributed by atoms with Gasteiger partial charge in [0, 0.05) is 51.9 Å². The van der Waals surface area contributed by atoms with Crippen LogP contribution in [0.1, 0.15) is 24.8 Å². The van der Waals surface area contributed by atoms with E-state index in [9.17, 15) is 14.0 Å². The summed E-state index contributed by atoms with van der Waals surface area (Å²) in [7, 11) is 0. The summed E-state index contributed by atoms with van der Waals surface area (Å²) in [6.07, 6.45) is 2.71. The Hall–Kier alpha value is -2.15. The molecule has 2 heterocycles. The van der Waals surface area contributed by atoms with Crippen molar-refractivity contribution in [2.45, 2.75) is 31.7 Å². The molecular weight excluding hydrogens is 337 g/mol. The number of benzene rings is 1. The maximum absolute atomic E-state index is 12.9. The molecule has 2 aliphatic rings. The Morgan fingerprint density at radius 1 is 1.04 bits per heavy atom. The van der Waals surface area contributed by atoms with Gasteiger partial charge in [-0.05, 0) is 37.0 Å². The fourth-order valence-electron chi connectivity index (χ4n) is 3.33. The zero-order chi connectivity index (χ0) is 18.4. The van der Waals surface area contributed by atoms with Crippen molar-refractivity contribution >= 4 is 11.9 Å². The Balaban J connectivity index is 1.39.